The molecule has 1 aromatic heterocycles. The molecule has 0 radical (unpaired) electrons. The Labute approximate surface area is 142 Å². The van der Waals surface area contributed by atoms with Crippen molar-refractivity contribution in [3.8, 4) is 0 Å². The SMILES string of the molecule is OC(CNCc1cnn(Cc2ccccc2)c1)Cc1ccccc1. The maximum Gasteiger partial charge on any atom is 0.0704 e. The van der Waals surface area contributed by atoms with Gasteiger partial charge in [-0.25, -0.2) is 0 Å². The molecule has 0 aliphatic heterocycles. The lowest BCUT2D eigenvalue weighted by Crippen LogP contribution is -2.27. The van der Waals surface area contributed by atoms with E-state index in [0.717, 1.165) is 17.7 Å². The van der Waals surface area contributed by atoms with Gasteiger partial charge in [0.25, 0.3) is 0 Å². The Kier molecular flexibility index (Phi) is 5.77. The van der Waals surface area contributed by atoms with Crippen LogP contribution >= 0.6 is 0 Å². The number of benzene rings is 2. The quantitative estimate of drug-likeness (QED) is 0.670. The van der Waals surface area contributed by atoms with Gasteiger partial charge in [0.05, 0.1) is 18.8 Å². The highest BCUT2D eigenvalue weighted by atomic mass is 16.3. The summed E-state index contributed by atoms with van der Waals surface area (Å²) in [6.07, 6.45) is 4.20. The molecule has 24 heavy (non-hydrogen) atoms. The Hall–Kier alpha value is -2.43. The second-order valence-electron chi connectivity index (χ2n) is 6.01. The van der Waals surface area contributed by atoms with Crippen LogP contribution in [0.3, 0.4) is 0 Å². The number of nitrogens with zero attached hydrogens (tertiary/aromatic N) is 2. The van der Waals surface area contributed by atoms with E-state index in [2.05, 4.69) is 22.5 Å². The van der Waals surface area contributed by atoms with Crippen molar-refractivity contribution >= 4 is 0 Å². The molecule has 2 aromatic carbocycles. The molecular weight excluding hydrogens is 298 g/mol. The highest BCUT2D eigenvalue weighted by Crippen LogP contribution is 2.05. The molecule has 0 aliphatic carbocycles. The van der Waals surface area contributed by atoms with E-state index < -0.39 is 0 Å². The van der Waals surface area contributed by atoms with Gasteiger partial charge >= 0.3 is 0 Å². The van der Waals surface area contributed by atoms with Crippen LogP contribution in [0, 0.1) is 0 Å². The zero-order chi connectivity index (χ0) is 16.6. The Bertz CT molecular complexity index is 725. The largest absolute Gasteiger partial charge is 0.391 e. The van der Waals surface area contributed by atoms with Gasteiger partial charge in [0, 0.05) is 24.8 Å². The van der Waals surface area contributed by atoms with Gasteiger partial charge < -0.3 is 10.4 Å². The van der Waals surface area contributed by atoms with Crippen LogP contribution in [-0.2, 0) is 19.5 Å². The highest BCUT2D eigenvalue weighted by molar-refractivity contribution is 5.16. The number of hydrogen-bond donors (Lipinski definition) is 2. The zero-order valence-corrected chi connectivity index (χ0v) is 13.7. The number of aromatic nitrogens is 2. The monoisotopic (exact) mass is 321 g/mol. The summed E-state index contributed by atoms with van der Waals surface area (Å²) in [5, 5.41) is 17.8. The predicted molar refractivity (Wildman–Crippen MR) is 95.6 cm³/mol. The second-order valence-corrected chi connectivity index (χ2v) is 6.01. The van der Waals surface area contributed by atoms with E-state index >= 15 is 0 Å². The maximum absolute atomic E-state index is 10.1. The van der Waals surface area contributed by atoms with E-state index in [9.17, 15) is 5.11 Å². The third kappa shape index (κ3) is 5.05. The second kappa shape index (κ2) is 8.43. The summed E-state index contributed by atoms with van der Waals surface area (Å²) < 4.78 is 1.94. The molecule has 0 amide bonds. The van der Waals surface area contributed by atoms with Crippen LogP contribution in [0.15, 0.2) is 73.1 Å². The smallest absolute Gasteiger partial charge is 0.0704 e. The standard InChI is InChI=1S/C20H23N3O/c24-20(11-17-7-3-1-4-8-17)14-21-12-19-13-22-23(16-19)15-18-9-5-2-6-10-18/h1-10,13,16,20-21,24H,11-12,14-15H2. The zero-order valence-electron chi connectivity index (χ0n) is 13.7. The molecule has 0 fully saturated rings. The lowest BCUT2D eigenvalue weighted by atomic mass is 10.1. The first-order chi connectivity index (χ1) is 11.8. The van der Waals surface area contributed by atoms with E-state index in [1.165, 1.54) is 5.56 Å². The van der Waals surface area contributed by atoms with Gasteiger partial charge in [0.1, 0.15) is 0 Å². The normalized spacial score (nSPS) is 12.2. The average Bonchev–Trinajstić information content (AvgIpc) is 3.04. The van der Waals surface area contributed by atoms with E-state index in [0.29, 0.717) is 19.5 Å². The van der Waals surface area contributed by atoms with Crippen molar-refractivity contribution in [1.82, 2.24) is 15.1 Å². The Morgan fingerprint density at radius 3 is 2.29 bits per heavy atom. The van der Waals surface area contributed by atoms with Gasteiger partial charge in [-0.15, -0.1) is 0 Å². The van der Waals surface area contributed by atoms with Crippen LogP contribution in [0.25, 0.3) is 0 Å². The fourth-order valence-corrected chi connectivity index (χ4v) is 2.70. The fraction of sp³-hybridized carbons (Fsp3) is 0.250. The molecular formula is C20H23N3O. The third-order valence-corrected chi connectivity index (χ3v) is 3.90. The van der Waals surface area contributed by atoms with Crippen molar-refractivity contribution in [2.24, 2.45) is 0 Å². The minimum absolute atomic E-state index is 0.383. The van der Waals surface area contributed by atoms with Crippen LogP contribution in [0.4, 0.5) is 0 Å². The minimum atomic E-state index is -0.383. The molecule has 2 N–H and O–H groups in total. The van der Waals surface area contributed by atoms with E-state index in [-0.39, 0.29) is 6.10 Å². The molecule has 1 unspecified atom stereocenters. The maximum atomic E-state index is 10.1. The molecule has 3 rings (SSSR count). The van der Waals surface area contributed by atoms with Crippen molar-refractivity contribution in [3.05, 3.63) is 89.7 Å². The van der Waals surface area contributed by atoms with Gasteiger partial charge in [0.15, 0.2) is 0 Å². The summed E-state index contributed by atoms with van der Waals surface area (Å²) in [6, 6.07) is 20.3. The van der Waals surface area contributed by atoms with Crippen LogP contribution < -0.4 is 5.32 Å². The van der Waals surface area contributed by atoms with Crippen LogP contribution in [-0.4, -0.2) is 27.5 Å². The molecule has 0 saturated carbocycles. The van der Waals surface area contributed by atoms with Crippen molar-refractivity contribution in [1.29, 1.82) is 0 Å². The van der Waals surface area contributed by atoms with E-state index in [1.54, 1.807) is 0 Å². The van der Waals surface area contributed by atoms with Gasteiger partial charge in [-0.2, -0.15) is 5.10 Å². The van der Waals surface area contributed by atoms with Crippen molar-refractivity contribution in [2.75, 3.05) is 6.54 Å². The molecule has 0 aliphatic rings. The Balaban J connectivity index is 1.42. The molecule has 1 atom stereocenters. The van der Waals surface area contributed by atoms with E-state index in [4.69, 9.17) is 0 Å². The summed E-state index contributed by atoms with van der Waals surface area (Å²) in [5.41, 5.74) is 3.51. The minimum Gasteiger partial charge on any atom is -0.391 e. The topological polar surface area (TPSA) is 50.1 Å². The lowest BCUT2D eigenvalue weighted by molar-refractivity contribution is 0.171. The number of aliphatic hydroxyl groups is 1. The van der Waals surface area contributed by atoms with Gasteiger partial charge in [-0.1, -0.05) is 60.7 Å². The Morgan fingerprint density at radius 1 is 0.917 bits per heavy atom. The van der Waals surface area contributed by atoms with Crippen molar-refractivity contribution < 1.29 is 5.11 Å². The number of nitrogens with one attached hydrogen (secondary N) is 1. The predicted octanol–water partition coefficient (Wildman–Crippen LogP) is 2.62. The summed E-state index contributed by atoms with van der Waals surface area (Å²) in [4.78, 5) is 0. The average molecular weight is 321 g/mol. The first-order valence-electron chi connectivity index (χ1n) is 8.27. The molecule has 1 heterocycles. The molecule has 0 bridgehead atoms. The van der Waals surface area contributed by atoms with Crippen molar-refractivity contribution in [2.45, 2.75) is 25.6 Å². The van der Waals surface area contributed by atoms with Crippen molar-refractivity contribution in [3.63, 3.8) is 0 Å². The number of rotatable bonds is 8. The van der Waals surface area contributed by atoms with E-state index in [1.807, 2.05) is 65.6 Å². The van der Waals surface area contributed by atoms with Gasteiger partial charge in [-0.3, -0.25) is 4.68 Å². The summed E-state index contributed by atoms with van der Waals surface area (Å²) in [5.74, 6) is 0. The molecule has 4 heteroatoms. The van der Waals surface area contributed by atoms with Crippen LogP contribution in [0.5, 0.6) is 0 Å². The fourth-order valence-electron chi connectivity index (χ4n) is 2.70. The lowest BCUT2D eigenvalue weighted by Gasteiger charge is -2.11. The third-order valence-electron chi connectivity index (χ3n) is 3.90. The molecule has 0 spiro atoms. The summed E-state index contributed by atoms with van der Waals surface area (Å²) in [6.45, 7) is 2.05. The number of aliphatic hydroxyl groups excluding tert-OH is 1. The molecule has 124 valence electrons. The molecule has 4 nitrogen and oxygen atoms in total. The van der Waals surface area contributed by atoms with Gasteiger partial charge in [-0.05, 0) is 17.5 Å². The first-order valence-corrected chi connectivity index (χ1v) is 8.27. The highest BCUT2D eigenvalue weighted by Gasteiger charge is 2.06. The first kappa shape index (κ1) is 16.4. The number of hydrogen-bond acceptors (Lipinski definition) is 3. The van der Waals surface area contributed by atoms with Gasteiger partial charge in [0.2, 0.25) is 0 Å². The summed E-state index contributed by atoms with van der Waals surface area (Å²) >= 11 is 0. The molecule has 0 saturated heterocycles. The van der Waals surface area contributed by atoms with Crippen LogP contribution in [0.1, 0.15) is 16.7 Å². The Morgan fingerprint density at radius 2 is 1.58 bits per heavy atom. The summed E-state index contributed by atoms with van der Waals surface area (Å²) in [7, 11) is 0. The van der Waals surface area contributed by atoms with Crippen LogP contribution in [0.2, 0.25) is 0 Å². The molecule has 3 aromatic rings.